The molecule has 0 atom stereocenters. The van der Waals surface area contributed by atoms with E-state index in [-0.39, 0.29) is 16.7 Å². The Balaban J connectivity index is 0.000000596. The van der Waals surface area contributed by atoms with Crippen LogP contribution < -0.4 is 10.3 Å². The summed E-state index contributed by atoms with van der Waals surface area (Å²) in [4.78, 5) is 34.1. The molecule has 2 amide bonds. The highest BCUT2D eigenvalue weighted by Gasteiger charge is 2.38. The van der Waals surface area contributed by atoms with Gasteiger partial charge in [0.05, 0.1) is 31.1 Å². The van der Waals surface area contributed by atoms with Gasteiger partial charge in [-0.1, -0.05) is 12.1 Å². The zero-order chi connectivity index (χ0) is 20.4. The molecule has 1 aliphatic heterocycles. The average molecular weight is 382 g/mol. The first-order valence-corrected chi connectivity index (χ1v) is 7.45. The third-order valence-electron chi connectivity index (χ3n) is 3.56. The van der Waals surface area contributed by atoms with Gasteiger partial charge in [-0.25, -0.2) is 0 Å². The summed E-state index contributed by atoms with van der Waals surface area (Å²) in [6, 6.07) is 8.42. The summed E-state index contributed by atoms with van der Waals surface area (Å²) < 4.78 is 38.1. The molecule has 3 rings (SSSR count). The summed E-state index contributed by atoms with van der Waals surface area (Å²) in [5.41, 5.74) is -0.790. The molecule has 0 saturated heterocycles. The summed E-state index contributed by atoms with van der Waals surface area (Å²) in [6.07, 6.45) is 0. The lowest BCUT2D eigenvalue weighted by molar-refractivity contribution is -0.302. The number of nitrogens with zero attached hydrogens (tertiary/aromatic N) is 2. The number of benzene rings is 2. The zero-order valence-electron chi connectivity index (χ0n) is 13.9. The molecule has 0 bridgehead atoms. The van der Waals surface area contributed by atoms with Crippen LogP contribution in [0.3, 0.4) is 0 Å². The highest BCUT2D eigenvalue weighted by atomic mass is 19.6. The van der Waals surface area contributed by atoms with Crippen molar-refractivity contribution in [2.75, 3.05) is 0 Å². The molecule has 0 aromatic heterocycles. The van der Waals surface area contributed by atoms with Crippen LogP contribution in [0.25, 0.3) is 0 Å². The highest BCUT2D eigenvalue weighted by Crippen LogP contribution is 2.33. The Morgan fingerprint density at radius 3 is 2.00 bits per heavy atom. The van der Waals surface area contributed by atoms with Crippen LogP contribution in [0.2, 0.25) is 0 Å². The smallest absolute Gasteiger partial charge is 0.279 e. The molecule has 1 heterocycles. The Bertz CT molecular complexity index is 873. The molecular weight excluding hydrogens is 369 g/mol. The molecule has 0 fully saturated rings. The number of phenols is 1. The van der Waals surface area contributed by atoms with E-state index in [1.807, 2.05) is 0 Å². The van der Waals surface area contributed by atoms with Crippen molar-refractivity contribution >= 4 is 23.5 Å². The number of phenolic OH excluding ortho intramolecular Hbond substituents is 1. The Kier molecular flexibility index (Phi) is 5.50. The predicted molar refractivity (Wildman–Crippen MR) is 84.6 cm³/mol. The Labute approximate surface area is 150 Å². The van der Waals surface area contributed by atoms with Crippen molar-refractivity contribution < 1.29 is 38.0 Å². The fourth-order valence-electron chi connectivity index (χ4n) is 2.41. The van der Waals surface area contributed by atoms with Crippen LogP contribution in [0, 0.1) is 0 Å². The molecule has 10 heteroatoms. The van der Waals surface area contributed by atoms with Crippen molar-refractivity contribution in [1.82, 2.24) is 10.0 Å². The summed E-state index contributed by atoms with van der Waals surface area (Å²) in [5.74, 6) is -2.70. The van der Waals surface area contributed by atoms with Gasteiger partial charge in [-0.15, -0.1) is 0 Å². The number of carboxylic acids is 1. The standard InChI is InChI=1S/C15H9F3N2O3.C2H4O2/c16-20(17,18)10-5-6-13(21)9(7-10)8-19-14(22)11-3-1-2-4-12(11)15(19)23;1-2(3)4/h1-7H,8H2;1H3,(H,3,4). The van der Waals surface area contributed by atoms with E-state index in [4.69, 9.17) is 9.90 Å². The largest absolute Gasteiger partial charge is 0.550 e. The second-order valence-corrected chi connectivity index (χ2v) is 5.49. The molecule has 142 valence electrons. The first kappa shape index (κ1) is 19.9. The van der Waals surface area contributed by atoms with E-state index in [1.165, 1.54) is 12.1 Å². The van der Waals surface area contributed by atoms with Crippen molar-refractivity contribution in [3.63, 3.8) is 0 Å². The van der Waals surface area contributed by atoms with Gasteiger partial charge in [0.2, 0.25) is 0 Å². The van der Waals surface area contributed by atoms with Gasteiger partial charge in [-0.3, -0.25) is 14.5 Å². The number of imide groups is 1. The number of rotatable bonds is 3. The number of carbonyl (C=O) groups is 3. The number of hydrogen-bond acceptors (Lipinski definition) is 5. The van der Waals surface area contributed by atoms with E-state index in [9.17, 15) is 28.1 Å². The van der Waals surface area contributed by atoms with Crippen LogP contribution >= 0.6 is 0 Å². The SMILES string of the molecule is CC(=O)[O-].O=C1c2ccccc2C(=O)N1Cc1cc([N+](F)(F)F)ccc1O. The minimum atomic E-state index is -3.92. The lowest BCUT2D eigenvalue weighted by atomic mass is 10.1. The van der Waals surface area contributed by atoms with Gasteiger partial charge < -0.3 is 15.0 Å². The van der Waals surface area contributed by atoms with Gasteiger partial charge in [0.25, 0.3) is 22.7 Å². The third-order valence-corrected chi connectivity index (χ3v) is 3.56. The van der Waals surface area contributed by atoms with E-state index < -0.39 is 40.9 Å². The maximum Gasteiger partial charge on any atom is 0.279 e. The number of carbonyl (C=O) groups excluding carboxylic acids is 3. The summed E-state index contributed by atoms with van der Waals surface area (Å²) in [5, 5.41) is 14.7. The fraction of sp³-hybridized carbons (Fsp3) is 0.118. The van der Waals surface area contributed by atoms with E-state index in [1.54, 1.807) is 12.1 Å². The average Bonchev–Trinajstić information content (AvgIpc) is 2.80. The number of hydrogen-bond donors (Lipinski definition) is 1. The minimum absolute atomic E-state index is 0.160. The van der Waals surface area contributed by atoms with Gasteiger partial charge >= 0.3 is 0 Å². The van der Waals surface area contributed by atoms with E-state index >= 15 is 0 Å². The molecule has 2 aromatic carbocycles. The molecule has 0 radical (unpaired) electrons. The number of aromatic hydroxyl groups is 1. The molecule has 0 saturated carbocycles. The van der Waals surface area contributed by atoms with Crippen LogP contribution in [0.5, 0.6) is 5.75 Å². The minimum Gasteiger partial charge on any atom is -0.550 e. The molecule has 0 unspecified atom stereocenters. The van der Waals surface area contributed by atoms with E-state index in [2.05, 4.69) is 0 Å². The molecule has 0 aliphatic carbocycles. The molecular formula is C17H13F3N2O5. The van der Waals surface area contributed by atoms with Crippen molar-refractivity contribution in [3.8, 4) is 5.75 Å². The number of aliphatic carboxylic acids is 1. The monoisotopic (exact) mass is 382 g/mol. The Morgan fingerprint density at radius 2 is 1.56 bits per heavy atom. The molecule has 1 aliphatic rings. The van der Waals surface area contributed by atoms with Gasteiger partial charge in [0.1, 0.15) is 5.75 Å². The van der Waals surface area contributed by atoms with Crippen molar-refractivity contribution in [2.24, 2.45) is 0 Å². The van der Waals surface area contributed by atoms with E-state index in [0.29, 0.717) is 12.1 Å². The molecule has 0 spiro atoms. The van der Waals surface area contributed by atoms with Gasteiger partial charge in [-0.2, -0.15) is 0 Å². The van der Waals surface area contributed by atoms with Crippen LogP contribution in [0.4, 0.5) is 19.1 Å². The van der Waals surface area contributed by atoms with Crippen molar-refractivity contribution in [2.45, 2.75) is 13.5 Å². The van der Waals surface area contributed by atoms with Crippen molar-refractivity contribution in [1.29, 1.82) is 0 Å². The summed E-state index contributed by atoms with van der Waals surface area (Å²) in [7, 11) is 0. The van der Waals surface area contributed by atoms with Crippen molar-refractivity contribution in [3.05, 3.63) is 59.2 Å². The molecule has 7 nitrogen and oxygen atoms in total. The lowest BCUT2D eigenvalue weighted by Crippen LogP contribution is -2.29. The topological polar surface area (TPSA) is 97.7 Å². The second-order valence-electron chi connectivity index (χ2n) is 5.49. The Hall–Kier alpha value is -3.40. The number of quaternary nitrogens is 1. The molecule has 1 N–H and O–H groups in total. The van der Waals surface area contributed by atoms with Crippen LogP contribution in [0.15, 0.2) is 42.5 Å². The van der Waals surface area contributed by atoms with Crippen LogP contribution in [-0.4, -0.2) is 27.8 Å². The van der Waals surface area contributed by atoms with Gasteiger partial charge in [-0.05, 0) is 25.1 Å². The highest BCUT2D eigenvalue weighted by molar-refractivity contribution is 6.21. The molecule has 27 heavy (non-hydrogen) atoms. The maximum absolute atomic E-state index is 12.7. The van der Waals surface area contributed by atoms with Crippen LogP contribution in [0.1, 0.15) is 33.2 Å². The van der Waals surface area contributed by atoms with E-state index in [0.717, 1.165) is 17.9 Å². The quantitative estimate of drug-likeness (QED) is 0.646. The predicted octanol–water partition coefficient (Wildman–Crippen LogP) is 1.91. The number of carboxylic acid groups (broad SMARTS) is 1. The number of fused-ring (bicyclic) bond motifs is 1. The first-order valence-electron chi connectivity index (χ1n) is 7.45. The second kappa shape index (κ2) is 7.46. The summed E-state index contributed by atoms with van der Waals surface area (Å²) >= 11 is 0. The zero-order valence-corrected chi connectivity index (χ0v) is 13.9. The number of halogens is 3. The van der Waals surface area contributed by atoms with Gasteiger partial charge in [0, 0.05) is 23.7 Å². The third kappa shape index (κ3) is 4.42. The first-order chi connectivity index (χ1) is 12.5. The number of amides is 2. The fourth-order valence-corrected chi connectivity index (χ4v) is 2.41. The van der Waals surface area contributed by atoms with Gasteiger partial charge in [0.15, 0.2) is 0 Å². The normalized spacial score (nSPS) is 13.1. The molecule has 2 aromatic rings. The Morgan fingerprint density at radius 1 is 1.07 bits per heavy atom. The summed E-state index contributed by atoms with van der Waals surface area (Å²) in [6.45, 7) is 0.534. The van der Waals surface area contributed by atoms with Crippen LogP contribution in [-0.2, 0) is 11.3 Å². The lowest BCUT2D eigenvalue weighted by Gasteiger charge is -2.15. The maximum atomic E-state index is 12.7.